The predicted molar refractivity (Wildman–Crippen MR) is 107 cm³/mol. The Morgan fingerprint density at radius 1 is 1.28 bits per heavy atom. The minimum Gasteiger partial charge on any atom is -0.448 e. The Hall–Kier alpha value is -2.98. The fourth-order valence-electron chi connectivity index (χ4n) is 2.63. The first-order valence-corrected chi connectivity index (χ1v) is 10.6. The van der Waals surface area contributed by atoms with Crippen LogP contribution in [0.5, 0.6) is 0 Å². The van der Waals surface area contributed by atoms with Gasteiger partial charge in [0.05, 0.1) is 11.1 Å². The van der Waals surface area contributed by atoms with E-state index in [1.807, 2.05) is 23.8 Å². The van der Waals surface area contributed by atoms with Crippen molar-refractivity contribution < 1.29 is 18.3 Å². The molecule has 3 heterocycles. The maximum Gasteiger partial charge on any atom is 0.357 e. The lowest BCUT2D eigenvalue weighted by molar-refractivity contribution is 0.0270. The Morgan fingerprint density at radius 2 is 2.07 bits per heavy atom. The van der Waals surface area contributed by atoms with E-state index in [0.717, 1.165) is 4.88 Å². The molecule has 0 saturated carbocycles. The van der Waals surface area contributed by atoms with Crippen LogP contribution < -0.4 is 0 Å². The average molecular weight is 430 g/mol. The lowest BCUT2D eigenvalue weighted by Crippen LogP contribution is -2.14. The van der Waals surface area contributed by atoms with Crippen molar-refractivity contribution in [3.63, 3.8) is 0 Å². The van der Waals surface area contributed by atoms with Gasteiger partial charge in [-0.05, 0) is 48.9 Å². The molecule has 1 atom stereocenters. The van der Waals surface area contributed by atoms with Gasteiger partial charge in [-0.2, -0.15) is 0 Å². The van der Waals surface area contributed by atoms with Crippen LogP contribution in [0.15, 0.2) is 57.5 Å². The Kier molecular flexibility index (Phi) is 5.45. The van der Waals surface area contributed by atoms with E-state index >= 15 is 0 Å². The molecule has 1 aromatic carbocycles. The molecule has 3 aromatic heterocycles. The first kappa shape index (κ1) is 19.3. The number of esters is 1. The fraction of sp³-hybridized carbons (Fsp3) is 0.158. The van der Waals surface area contributed by atoms with Crippen molar-refractivity contribution in [1.29, 1.82) is 0 Å². The van der Waals surface area contributed by atoms with E-state index in [0.29, 0.717) is 16.7 Å². The van der Waals surface area contributed by atoms with Crippen molar-refractivity contribution in [2.45, 2.75) is 18.2 Å². The Morgan fingerprint density at radius 3 is 2.76 bits per heavy atom. The molecule has 0 aliphatic rings. The van der Waals surface area contributed by atoms with Crippen LogP contribution in [0.2, 0.25) is 0 Å². The van der Waals surface area contributed by atoms with Crippen LogP contribution in [0.3, 0.4) is 0 Å². The third kappa shape index (κ3) is 3.94. The molecule has 0 amide bonds. The Bertz CT molecular complexity index is 1120. The van der Waals surface area contributed by atoms with Gasteiger partial charge in [-0.1, -0.05) is 17.8 Å². The second-order valence-electron chi connectivity index (χ2n) is 5.91. The molecule has 0 fully saturated rings. The molecule has 0 aliphatic carbocycles. The van der Waals surface area contributed by atoms with E-state index in [4.69, 9.17) is 9.15 Å². The lowest BCUT2D eigenvalue weighted by atomic mass is 10.3. The van der Waals surface area contributed by atoms with Crippen LogP contribution >= 0.6 is 23.1 Å². The molecule has 0 spiro atoms. The van der Waals surface area contributed by atoms with Gasteiger partial charge in [-0.3, -0.25) is 4.57 Å². The van der Waals surface area contributed by atoms with Crippen LogP contribution in [0.25, 0.3) is 16.5 Å². The summed E-state index contributed by atoms with van der Waals surface area (Å²) in [6.45, 7) is 1.65. The minimum absolute atomic E-state index is 0.194. The largest absolute Gasteiger partial charge is 0.448 e. The van der Waals surface area contributed by atoms with Gasteiger partial charge >= 0.3 is 5.97 Å². The number of thiophene rings is 1. The number of ether oxygens (including phenoxy) is 1. The van der Waals surface area contributed by atoms with Crippen molar-refractivity contribution in [2.75, 3.05) is 6.26 Å². The zero-order valence-corrected chi connectivity index (χ0v) is 17.0. The summed E-state index contributed by atoms with van der Waals surface area (Å²) in [4.78, 5) is 17.9. The van der Waals surface area contributed by atoms with Crippen molar-refractivity contribution in [1.82, 2.24) is 19.7 Å². The quantitative estimate of drug-likeness (QED) is 0.322. The highest BCUT2D eigenvalue weighted by atomic mass is 32.2. The number of nitrogens with zero attached hydrogens (tertiary/aromatic N) is 4. The number of thioether (sulfide) groups is 1. The molecule has 7 nitrogen and oxygen atoms in total. The minimum atomic E-state index is -0.752. The summed E-state index contributed by atoms with van der Waals surface area (Å²) in [5.74, 6) is -0.403. The molecular weight excluding hydrogens is 415 g/mol. The maximum atomic E-state index is 13.3. The Balaban J connectivity index is 1.57. The highest BCUT2D eigenvalue weighted by Gasteiger charge is 2.24. The van der Waals surface area contributed by atoms with Gasteiger partial charge in [0.2, 0.25) is 0 Å². The average Bonchev–Trinajstić information content (AvgIpc) is 3.47. The SMILES string of the molecule is CSc1ncc(C(=O)OC(C)c2nnc(-c3cccs3)o2)n1-c1ccc(F)cc1. The van der Waals surface area contributed by atoms with E-state index in [9.17, 15) is 9.18 Å². The van der Waals surface area contributed by atoms with Crippen LogP contribution in [-0.2, 0) is 4.74 Å². The van der Waals surface area contributed by atoms with Gasteiger partial charge < -0.3 is 9.15 Å². The predicted octanol–water partition coefficient (Wildman–Crippen LogP) is 4.76. The van der Waals surface area contributed by atoms with Crippen LogP contribution in [-0.4, -0.2) is 32.0 Å². The van der Waals surface area contributed by atoms with E-state index < -0.39 is 12.1 Å². The van der Waals surface area contributed by atoms with E-state index in [1.165, 1.54) is 41.4 Å². The monoisotopic (exact) mass is 430 g/mol. The molecule has 0 bridgehead atoms. The molecule has 4 aromatic rings. The van der Waals surface area contributed by atoms with Crippen molar-refractivity contribution in [2.24, 2.45) is 0 Å². The number of hydrogen-bond acceptors (Lipinski definition) is 8. The molecule has 0 N–H and O–H groups in total. The second kappa shape index (κ2) is 8.18. The Labute approximate surface area is 173 Å². The summed E-state index contributed by atoms with van der Waals surface area (Å²) in [6.07, 6.45) is 2.51. The molecule has 0 radical (unpaired) electrons. The molecule has 29 heavy (non-hydrogen) atoms. The number of rotatable bonds is 6. The maximum absolute atomic E-state index is 13.3. The molecule has 148 valence electrons. The molecule has 10 heteroatoms. The lowest BCUT2D eigenvalue weighted by Gasteiger charge is -2.13. The van der Waals surface area contributed by atoms with Gasteiger partial charge in [-0.25, -0.2) is 14.2 Å². The van der Waals surface area contributed by atoms with E-state index in [-0.39, 0.29) is 17.4 Å². The number of aromatic nitrogens is 4. The molecule has 4 rings (SSSR count). The molecular formula is C19H15FN4O3S2. The number of benzene rings is 1. The van der Waals surface area contributed by atoms with Crippen molar-refractivity contribution >= 4 is 29.1 Å². The van der Waals surface area contributed by atoms with Gasteiger partial charge in [-0.15, -0.1) is 21.5 Å². The summed E-state index contributed by atoms with van der Waals surface area (Å²) in [7, 11) is 0. The molecule has 1 unspecified atom stereocenters. The smallest absolute Gasteiger partial charge is 0.357 e. The normalized spacial score (nSPS) is 12.1. The van der Waals surface area contributed by atoms with E-state index in [1.54, 1.807) is 23.6 Å². The highest BCUT2D eigenvalue weighted by molar-refractivity contribution is 7.98. The van der Waals surface area contributed by atoms with Gasteiger partial charge in [0.25, 0.3) is 11.8 Å². The summed E-state index contributed by atoms with van der Waals surface area (Å²) < 4.78 is 26.0. The fourth-order valence-corrected chi connectivity index (χ4v) is 3.82. The summed E-state index contributed by atoms with van der Waals surface area (Å²) in [6, 6.07) is 9.53. The number of hydrogen-bond donors (Lipinski definition) is 0. The summed E-state index contributed by atoms with van der Waals surface area (Å²) >= 11 is 2.83. The first-order chi connectivity index (χ1) is 14.1. The number of halogens is 1. The van der Waals surface area contributed by atoms with Gasteiger partial charge in [0, 0.05) is 5.69 Å². The summed E-state index contributed by atoms with van der Waals surface area (Å²) in [5, 5.41) is 10.5. The van der Waals surface area contributed by atoms with E-state index in [2.05, 4.69) is 15.2 Å². The first-order valence-electron chi connectivity index (χ1n) is 8.52. The third-order valence-electron chi connectivity index (χ3n) is 4.01. The highest BCUT2D eigenvalue weighted by Crippen LogP contribution is 2.27. The van der Waals surface area contributed by atoms with Crippen molar-refractivity contribution in [3.8, 4) is 16.5 Å². The van der Waals surface area contributed by atoms with Gasteiger partial charge in [0.15, 0.2) is 17.0 Å². The molecule has 0 saturated heterocycles. The number of imidazole rings is 1. The second-order valence-corrected chi connectivity index (χ2v) is 7.63. The zero-order chi connectivity index (χ0) is 20.4. The summed E-state index contributed by atoms with van der Waals surface area (Å²) in [5.41, 5.74) is 0.816. The number of carbonyl (C=O) groups excluding carboxylic acids is 1. The van der Waals surface area contributed by atoms with Crippen LogP contribution in [0, 0.1) is 5.82 Å². The third-order valence-corrected chi connectivity index (χ3v) is 5.52. The molecule has 0 aliphatic heterocycles. The standard InChI is InChI=1S/C19H15FN4O3S2/c1-11(16-22-23-17(27-16)15-4-3-9-29-15)26-18(25)14-10-21-19(28-2)24(14)13-7-5-12(20)6-8-13/h3-11H,1-2H3. The van der Waals surface area contributed by atoms with Gasteiger partial charge in [0.1, 0.15) is 5.82 Å². The topological polar surface area (TPSA) is 83.0 Å². The number of carbonyl (C=O) groups is 1. The van der Waals surface area contributed by atoms with Crippen LogP contribution in [0.4, 0.5) is 4.39 Å². The van der Waals surface area contributed by atoms with Crippen molar-refractivity contribution in [3.05, 3.63) is 65.4 Å². The van der Waals surface area contributed by atoms with Crippen LogP contribution in [0.1, 0.15) is 29.4 Å². The zero-order valence-electron chi connectivity index (χ0n) is 15.4.